The Bertz CT molecular complexity index is 409. The van der Waals surface area contributed by atoms with E-state index < -0.39 is 5.79 Å². The molecule has 1 heterocycles. The first-order valence-electron chi connectivity index (χ1n) is 6.36. The molecule has 1 aromatic rings. The van der Waals surface area contributed by atoms with Crippen molar-refractivity contribution in [1.82, 2.24) is 5.32 Å². The van der Waals surface area contributed by atoms with Crippen LogP contribution in [0.5, 0.6) is 0 Å². The van der Waals surface area contributed by atoms with Crippen molar-refractivity contribution >= 4 is 15.9 Å². The Morgan fingerprint density at radius 3 is 2.89 bits per heavy atom. The molecule has 1 aliphatic rings. The van der Waals surface area contributed by atoms with Crippen molar-refractivity contribution in [2.75, 3.05) is 27.4 Å². The molecule has 0 aromatic heterocycles. The molecule has 0 radical (unpaired) electrons. The van der Waals surface area contributed by atoms with Crippen LogP contribution in [0.1, 0.15) is 12.0 Å². The minimum absolute atomic E-state index is 0.0234. The zero-order valence-corrected chi connectivity index (χ0v) is 12.9. The van der Waals surface area contributed by atoms with E-state index in [1.54, 1.807) is 14.2 Å². The summed E-state index contributed by atoms with van der Waals surface area (Å²) >= 11 is 3.48. The predicted molar refractivity (Wildman–Crippen MR) is 77.0 cm³/mol. The second-order valence-electron chi connectivity index (χ2n) is 4.61. The number of hydrogen-bond acceptors (Lipinski definition) is 4. The molecule has 1 atom stereocenters. The van der Waals surface area contributed by atoms with Crippen LogP contribution in [0.15, 0.2) is 28.7 Å². The lowest BCUT2D eigenvalue weighted by atomic mass is 10.0. The Kier molecular flexibility index (Phi) is 5.36. The van der Waals surface area contributed by atoms with Crippen molar-refractivity contribution in [3.8, 4) is 0 Å². The molecular weight excluding hydrogens is 310 g/mol. The maximum atomic E-state index is 5.58. The lowest BCUT2D eigenvalue weighted by Crippen LogP contribution is -2.58. The van der Waals surface area contributed by atoms with E-state index in [9.17, 15) is 0 Å². The van der Waals surface area contributed by atoms with Gasteiger partial charge in [-0.15, -0.1) is 0 Å². The van der Waals surface area contributed by atoms with Crippen molar-refractivity contribution in [3.63, 3.8) is 0 Å². The first kappa shape index (κ1) is 14.9. The summed E-state index contributed by atoms with van der Waals surface area (Å²) in [6.07, 6.45) is 0.732. The van der Waals surface area contributed by atoms with E-state index >= 15 is 0 Å². The van der Waals surface area contributed by atoms with Gasteiger partial charge in [0.2, 0.25) is 0 Å². The first-order chi connectivity index (χ1) is 9.20. The number of rotatable bonds is 5. The van der Waals surface area contributed by atoms with E-state index in [1.807, 2.05) is 12.1 Å². The van der Waals surface area contributed by atoms with Crippen LogP contribution in [-0.4, -0.2) is 39.3 Å². The topological polar surface area (TPSA) is 39.7 Å². The van der Waals surface area contributed by atoms with E-state index in [0.717, 1.165) is 17.4 Å². The normalized spacial score (nSPS) is 22.4. The van der Waals surface area contributed by atoms with Gasteiger partial charge in [-0.25, -0.2) is 0 Å². The van der Waals surface area contributed by atoms with Gasteiger partial charge < -0.3 is 19.5 Å². The third kappa shape index (κ3) is 3.55. The molecule has 0 spiro atoms. The van der Waals surface area contributed by atoms with Gasteiger partial charge in [-0.05, 0) is 17.7 Å². The molecule has 2 rings (SSSR count). The van der Waals surface area contributed by atoms with E-state index in [0.29, 0.717) is 13.2 Å². The highest BCUT2D eigenvalue weighted by atomic mass is 79.9. The maximum Gasteiger partial charge on any atom is 0.187 e. The van der Waals surface area contributed by atoms with Crippen LogP contribution in [0, 0.1) is 0 Å². The van der Waals surface area contributed by atoms with Gasteiger partial charge >= 0.3 is 0 Å². The third-order valence-corrected chi connectivity index (χ3v) is 4.04. The van der Waals surface area contributed by atoms with E-state index in [1.165, 1.54) is 5.56 Å². The summed E-state index contributed by atoms with van der Waals surface area (Å²) in [5.74, 6) is -0.593. The van der Waals surface area contributed by atoms with Crippen molar-refractivity contribution < 1.29 is 14.2 Å². The van der Waals surface area contributed by atoms with Crippen LogP contribution in [-0.2, 0) is 20.8 Å². The molecule has 106 valence electrons. The highest BCUT2D eigenvalue weighted by molar-refractivity contribution is 9.10. The fourth-order valence-electron chi connectivity index (χ4n) is 2.39. The highest BCUT2D eigenvalue weighted by Crippen LogP contribution is 2.26. The van der Waals surface area contributed by atoms with Gasteiger partial charge in [0, 0.05) is 31.7 Å². The molecule has 4 nitrogen and oxygen atoms in total. The summed E-state index contributed by atoms with van der Waals surface area (Å²) < 4.78 is 17.8. The molecule has 19 heavy (non-hydrogen) atoms. The molecule has 0 aliphatic carbocycles. The molecule has 1 unspecified atom stereocenters. The van der Waals surface area contributed by atoms with Gasteiger partial charge in [0.15, 0.2) is 5.79 Å². The Labute approximate surface area is 122 Å². The fraction of sp³-hybridized carbons (Fsp3) is 0.571. The SMILES string of the molecule is COC1(OC)CCOCC1NCc1cccc(Br)c1. The van der Waals surface area contributed by atoms with Crippen molar-refractivity contribution in [1.29, 1.82) is 0 Å². The molecule has 1 aliphatic heterocycles. The number of hydrogen-bond donors (Lipinski definition) is 1. The molecule has 1 saturated heterocycles. The first-order valence-corrected chi connectivity index (χ1v) is 7.15. The summed E-state index contributed by atoms with van der Waals surface area (Å²) in [7, 11) is 3.37. The summed E-state index contributed by atoms with van der Waals surface area (Å²) in [5, 5.41) is 3.46. The van der Waals surface area contributed by atoms with Crippen LogP contribution >= 0.6 is 15.9 Å². The van der Waals surface area contributed by atoms with Gasteiger partial charge in [0.25, 0.3) is 0 Å². The van der Waals surface area contributed by atoms with Crippen LogP contribution in [0.3, 0.4) is 0 Å². The average molecular weight is 330 g/mol. The molecule has 0 saturated carbocycles. The molecule has 0 bridgehead atoms. The van der Waals surface area contributed by atoms with Crippen molar-refractivity contribution in [3.05, 3.63) is 34.3 Å². The van der Waals surface area contributed by atoms with Crippen LogP contribution in [0.2, 0.25) is 0 Å². The Hall–Kier alpha value is -0.460. The molecule has 5 heteroatoms. The summed E-state index contributed by atoms with van der Waals surface area (Å²) in [6.45, 7) is 2.01. The molecule has 1 fully saturated rings. The number of benzene rings is 1. The van der Waals surface area contributed by atoms with Crippen molar-refractivity contribution in [2.45, 2.75) is 24.8 Å². The maximum absolute atomic E-state index is 5.58. The molecule has 1 N–H and O–H groups in total. The monoisotopic (exact) mass is 329 g/mol. The van der Waals surface area contributed by atoms with Crippen LogP contribution < -0.4 is 5.32 Å². The molecule has 0 amide bonds. The number of methoxy groups -OCH3 is 2. The van der Waals surface area contributed by atoms with Crippen molar-refractivity contribution in [2.24, 2.45) is 0 Å². The van der Waals surface area contributed by atoms with Crippen LogP contribution in [0.25, 0.3) is 0 Å². The average Bonchev–Trinajstić information content (AvgIpc) is 2.45. The Morgan fingerprint density at radius 2 is 2.21 bits per heavy atom. The van der Waals surface area contributed by atoms with E-state index in [4.69, 9.17) is 14.2 Å². The number of halogens is 1. The van der Waals surface area contributed by atoms with Gasteiger partial charge in [-0.2, -0.15) is 0 Å². The molecular formula is C14H20BrNO3. The number of nitrogens with one attached hydrogen (secondary N) is 1. The lowest BCUT2D eigenvalue weighted by Gasteiger charge is -2.41. The number of ether oxygens (including phenoxy) is 3. The smallest absolute Gasteiger partial charge is 0.187 e. The highest BCUT2D eigenvalue weighted by Gasteiger charge is 2.41. The summed E-state index contributed by atoms with van der Waals surface area (Å²) in [4.78, 5) is 0. The molecule has 1 aromatic carbocycles. The second-order valence-corrected chi connectivity index (χ2v) is 5.52. The Morgan fingerprint density at radius 1 is 1.42 bits per heavy atom. The summed E-state index contributed by atoms with van der Waals surface area (Å²) in [6, 6.07) is 8.25. The summed E-state index contributed by atoms with van der Waals surface area (Å²) in [5.41, 5.74) is 1.21. The van der Waals surface area contributed by atoms with Gasteiger partial charge in [0.05, 0.1) is 19.3 Å². The van der Waals surface area contributed by atoms with Gasteiger partial charge in [-0.1, -0.05) is 28.1 Å². The van der Waals surface area contributed by atoms with E-state index in [2.05, 4.69) is 33.4 Å². The zero-order chi connectivity index (χ0) is 13.7. The largest absolute Gasteiger partial charge is 0.379 e. The minimum atomic E-state index is -0.593. The second kappa shape index (κ2) is 6.81. The third-order valence-electron chi connectivity index (χ3n) is 3.54. The Balaban J connectivity index is 2.00. The zero-order valence-electron chi connectivity index (χ0n) is 11.3. The lowest BCUT2D eigenvalue weighted by molar-refractivity contribution is -0.259. The van der Waals surface area contributed by atoms with Gasteiger partial charge in [0.1, 0.15) is 0 Å². The standard InChI is InChI=1S/C14H20BrNO3/c1-17-14(18-2)6-7-19-10-13(14)16-9-11-4-3-5-12(15)8-11/h3-5,8,13,16H,6-7,9-10H2,1-2H3. The van der Waals surface area contributed by atoms with E-state index in [-0.39, 0.29) is 6.04 Å². The predicted octanol–water partition coefficient (Wildman–Crippen LogP) is 2.32. The van der Waals surface area contributed by atoms with Gasteiger partial charge in [-0.3, -0.25) is 0 Å². The van der Waals surface area contributed by atoms with Crippen LogP contribution in [0.4, 0.5) is 0 Å². The quantitative estimate of drug-likeness (QED) is 0.841. The minimum Gasteiger partial charge on any atom is -0.379 e. The fourth-order valence-corrected chi connectivity index (χ4v) is 2.84.